The minimum atomic E-state index is -0.222. The Kier molecular flexibility index (Phi) is 2.44. The summed E-state index contributed by atoms with van der Waals surface area (Å²) in [4.78, 5) is 22.6. The highest BCUT2D eigenvalue weighted by Crippen LogP contribution is 2.41. The molecule has 1 saturated carbocycles. The van der Waals surface area contributed by atoms with E-state index in [9.17, 15) is 9.59 Å². The maximum absolute atomic E-state index is 11.9. The lowest BCUT2D eigenvalue weighted by Gasteiger charge is -2.10. The van der Waals surface area contributed by atoms with Gasteiger partial charge in [-0.1, -0.05) is 12.1 Å². The summed E-state index contributed by atoms with van der Waals surface area (Å²) in [5, 5.41) is 0.834. The fourth-order valence-electron chi connectivity index (χ4n) is 2.36. The van der Waals surface area contributed by atoms with Crippen LogP contribution in [0.2, 0.25) is 0 Å². The Balaban J connectivity index is 2.31. The molecule has 0 spiro atoms. The number of hydrogen-bond donors (Lipinski definition) is 1. The van der Waals surface area contributed by atoms with Crippen LogP contribution in [-0.2, 0) is 11.3 Å². The third-order valence-corrected chi connectivity index (χ3v) is 3.47. The molecular weight excluding hydrogens is 228 g/mol. The first-order valence-electron chi connectivity index (χ1n) is 6.07. The molecule has 0 saturated heterocycles. The average Bonchev–Trinajstić information content (AvgIpc) is 3.18. The molecule has 0 atom stereocenters. The number of aldehydes is 1. The zero-order valence-corrected chi connectivity index (χ0v) is 9.93. The van der Waals surface area contributed by atoms with E-state index in [4.69, 9.17) is 5.73 Å². The smallest absolute Gasteiger partial charge is 0.253 e. The Morgan fingerprint density at radius 3 is 2.78 bits per heavy atom. The van der Waals surface area contributed by atoms with E-state index in [2.05, 4.69) is 6.07 Å². The molecule has 1 aliphatic rings. The maximum atomic E-state index is 11.9. The summed E-state index contributed by atoms with van der Waals surface area (Å²) in [7, 11) is 0. The Morgan fingerprint density at radius 1 is 1.33 bits per heavy atom. The molecule has 0 unspecified atom stereocenters. The normalized spacial score (nSPS) is 14.9. The molecule has 0 amide bonds. The molecule has 1 aliphatic carbocycles. The molecule has 1 fully saturated rings. The lowest BCUT2D eigenvalue weighted by atomic mass is 10.1. The van der Waals surface area contributed by atoms with Crippen LogP contribution in [0, 0.1) is 0 Å². The van der Waals surface area contributed by atoms with E-state index >= 15 is 0 Å². The van der Waals surface area contributed by atoms with E-state index in [1.807, 2.05) is 12.1 Å². The van der Waals surface area contributed by atoms with Crippen LogP contribution in [0.4, 0.5) is 5.69 Å². The molecule has 2 aromatic rings. The van der Waals surface area contributed by atoms with Gasteiger partial charge in [0.15, 0.2) is 0 Å². The quantitative estimate of drug-likeness (QED) is 0.832. The van der Waals surface area contributed by atoms with Crippen LogP contribution in [0.1, 0.15) is 24.3 Å². The lowest BCUT2D eigenvalue weighted by Crippen LogP contribution is -2.21. The van der Waals surface area contributed by atoms with E-state index < -0.39 is 0 Å². The van der Waals surface area contributed by atoms with E-state index in [-0.39, 0.29) is 12.1 Å². The van der Waals surface area contributed by atoms with Crippen molar-refractivity contribution >= 4 is 22.9 Å². The summed E-state index contributed by atoms with van der Waals surface area (Å²) in [5.74, 6) is 0.607. The second-order valence-electron chi connectivity index (χ2n) is 4.77. The number of hydrogen-bond acceptors (Lipinski definition) is 3. The highest BCUT2D eigenvalue weighted by molar-refractivity contribution is 5.91. The zero-order chi connectivity index (χ0) is 12.7. The summed E-state index contributed by atoms with van der Waals surface area (Å²) in [6.07, 6.45) is 3.14. The van der Waals surface area contributed by atoms with Gasteiger partial charge >= 0.3 is 0 Å². The van der Waals surface area contributed by atoms with Crippen LogP contribution in [0.15, 0.2) is 29.1 Å². The molecule has 92 valence electrons. The Bertz CT molecular complexity index is 684. The Morgan fingerprint density at radius 2 is 2.11 bits per heavy atom. The van der Waals surface area contributed by atoms with Crippen LogP contribution in [0.25, 0.3) is 10.9 Å². The zero-order valence-electron chi connectivity index (χ0n) is 9.93. The number of benzene rings is 1. The highest BCUT2D eigenvalue weighted by Gasteiger charge is 2.24. The third kappa shape index (κ3) is 1.70. The number of nitrogens with zero attached hydrogens (tertiary/aromatic N) is 1. The monoisotopic (exact) mass is 242 g/mol. The number of carbonyl (C=O) groups is 1. The Hall–Kier alpha value is -2.10. The molecule has 18 heavy (non-hydrogen) atoms. The second-order valence-corrected chi connectivity index (χ2v) is 4.77. The van der Waals surface area contributed by atoms with Crippen molar-refractivity contribution in [2.45, 2.75) is 25.3 Å². The average molecular weight is 242 g/mol. The summed E-state index contributed by atoms with van der Waals surface area (Å²) < 4.78 is 1.48. The van der Waals surface area contributed by atoms with Crippen LogP contribution >= 0.6 is 0 Å². The van der Waals surface area contributed by atoms with E-state index in [0.29, 0.717) is 11.6 Å². The number of rotatable bonds is 3. The van der Waals surface area contributed by atoms with E-state index in [0.717, 1.165) is 17.2 Å². The van der Waals surface area contributed by atoms with Gasteiger partial charge in [-0.05, 0) is 30.4 Å². The van der Waals surface area contributed by atoms with Gasteiger partial charge < -0.3 is 15.1 Å². The van der Waals surface area contributed by atoms with Crippen molar-refractivity contribution in [2.75, 3.05) is 5.73 Å². The number of fused-ring (bicyclic) bond motifs is 1. The fraction of sp³-hybridized carbons (Fsp3) is 0.286. The summed E-state index contributed by atoms with van der Waals surface area (Å²) in [6, 6.07) is 7.38. The number of pyridine rings is 1. The first-order valence-corrected chi connectivity index (χ1v) is 6.07. The van der Waals surface area contributed by atoms with Crippen molar-refractivity contribution in [3.8, 4) is 0 Å². The largest absolute Gasteiger partial charge is 0.398 e. The molecular formula is C14H14N2O2. The molecule has 0 aliphatic heterocycles. The first kappa shape index (κ1) is 11.0. The van der Waals surface area contributed by atoms with Gasteiger partial charge in [0, 0.05) is 17.1 Å². The maximum Gasteiger partial charge on any atom is 0.253 e. The molecule has 1 aromatic carbocycles. The molecule has 3 rings (SSSR count). The standard InChI is InChI=1S/C14H14N2O2/c15-12-8-14(18)16(5-6-17)13-7-10(9-1-2-9)3-4-11(12)13/h3-4,6-9H,1-2,5,15H2. The fourth-order valence-corrected chi connectivity index (χ4v) is 2.36. The van der Waals surface area contributed by atoms with Gasteiger partial charge in [-0.3, -0.25) is 4.79 Å². The predicted octanol–water partition coefficient (Wildman–Crippen LogP) is 1.66. The van der Waals surface area contributed by atoms with E-state index in [1.54, 1.807) is 0 Å². The molecule has 4 nitrogen and oxygen atoms in total. The van der Waals surface area contributed by atoms with Crippen molar-refractivity contribution in [1.29, 1.82) is 0 Å². The highest BCUT2D eigenvalue weighted by atomic mass is 16.1. The molecule has 1 aromatic heterocycles. The topological polar surface area (TPSA) is 65.1 Å². The molecule has 0 radical (unpaired) electrons. The summed E-state index contributed by atoms with van der Waals surface area (Å²) in [6.45, 7) is 0.0731. The van der Waals surface area contributed by atoms with Gasteiger partial charge in [-0.25, -0.2) is 0 Å². The Labute approximate surface area is 104 Å². The number of nitrogen functional groups attached to an aromatic ring is 1. The van der Waals surface area contributed by atoms with Crippen molar-refractivity contribution in [3.05, 3.63) is 40.2 Å². The number of anilines is 1. The van der Waals surface area contributed by atoms with Crippen molar-refractivity contribution in [2.24, 2.45) is 0 Å². The number of nitrogens with two attached hydrogens (primary N) is 1. The SMILES string of the molecule is Nc1cc(=O)n(CC=O)c2cc(C3CC3)ccc12. The third-order valence-electron chi connectivity index (χ3n) is 3.47. The van der Waals surface area contributed by atoms with Gasteiger partial charge in [-0.2, -0.15) is 0 Å². The minimum absolute atomic E-state index is 0.0731. The van der Waals surface area contributed by atoms with Crippen LogP contribution in [0.3, 0.4) is 0 Å². The van der Waals surface area contributed by atoms with Gasteiger partial charge in [0.2, 0.25) is 0 Å². The van der Waals surface area contributed by atoms with Crippen LogP contribution in [-0.4, -0.2) is 10.9 Å². The first-order chi connectivity index (χ1) is 8.70. The van der Waals surface area contributed by atoms with Crippen molar-refractivity contribution in [3.63, 3.8) is 0 Å². The van der Waals surface area contributed by atoms with Gasteiger partial charge in [0.05, 0.1) is 12.1 Å². The van der Waals surface area contributed by atoms with E-state index in [1.165, 1.54) is 29.0 Å². The molecule has 0 bridgehead atoms. The number of carbonyl (C=O) groups excluding carboxylic acids is 1. The van der Waals surface area contributed by atoms with Crippen LogP contribution < -0.4 is 11.3 Å². The van der Waals surface area contributed by atoms with Gasteiger partial charge in [0.25, 0.3) is 5.56 Å². The molecule has 2 N–H and O–H groups in total. The lowest BCUT2D eigenvalue weighted by molar-refractivity contribution is -0.108. The van der Waals surface area contributed by atoms with Gasteiger partial charge in [-0.15, -0.1) is 0 Å². The summed E-state index contributed by atoms with van der Waals surface area (Å²) >= 11 is 0. The number of aromatic nitrogens is 1. The minimum Gasteiger partial charge on any atom is -0.398 e. The van der Waals surface area contributed by atoms with Gasteiger partial charge in [0.1, 0.15) is 6.29 Å². The van der Waals surface area contributed by atoms with Crippen molar-refractivity contribution < 1.29 is 4.79 Å². The molecule has 4 heteroatoms. The molecule has 1 heterocycles. The second kappa shape index (κ2) is 3.98. The van der Waals surface area contributed by atoms with Crippen molar-refractivity contribution in [1.82, 2.24) is 4.57 Å². The summed E-state index contributed by atoms with van der Waals surface area (Å²) in [5.41, 5.74) is 8.10. The van der Waals surface area contributed by atoms with Crippen LogP contribution in [0.5, 0.6) is 0 Å². The predicted molar refractivity (Wildman–Crippen MR) is 70.7 cm³/mol.